The fourth-order valence-corrected chi connectivity index (χ4v) is 2.37. The summed E-state index contributed by atoms with van der Waals surface area (Å²) in [6.07, 6.45) is 8.12. The molecule has 0 aliphatic heterocycles. The van der Waals surface area contributed by atoms with Gasteiger partial charge in [0.25, 0.3) is 0 Å². The van der Waals surface area contributed by atoms with Crippen molar-refractivity contribution in [2.75, 3.05) is 6.54 Å². The lowest BCUT2D eigenvalue weighted by Gasteiger charge is -2.11. The van der Waals surface area contributed by atoms with Crippen LogP contribution < -0.4 is 5.32 Å². The van der Waals surface area contributed by atoms with E-state index in [-0.39, 0.29) is 0 Å². The molecule has 82 valence electrons. The van der Waals surface area contributed by atoms with E-state index in [0.717, 1.165) is 6.04 Å². The van der Waals surface area contributed by atoms with Crippen molar-refractivity contribution < 1.29 is 0 Å². The second-order valence-corrected chi connectivity index (χ2v) is 4.52. The summed E-state index contributed by atoms with van der Waals surface area (Å²) < 4.78 is 0. The first kappa shape index (κ1) is 10.7. The van der Waals surface area contributed by atoms with Gasteiger partial charge in [0.05, 0.1) is 0 Å². The summed E-state index contributed by atoms with van der Waals surface area (Å²) in [4.78, 5) is 0. The minimum Gasteiger partial charge on any atom is -0.314 e. The molecule has 0 amide bonds. The van der Waals surface area contributed by atoms with E-state index in [1.165, 1.54) is 50.6 Å². The molecule has 15 heavy (non-hydrogen) atoms. The molecule has 0 bridgehead atoms. The lowest BCUT2D eigenvalue weighted by atomic mass is 10.1. The molecule has 1 heteroatoms. The van der Waals surface area contributed by atoms with Gasteiger partial charge in [-0.05, 0) is 37.8 Å². The molecule has 1 aromatic carbocycles. The van der Waals surface area contributed by atoms with Gasteiger partial charge in [-0.1, -0.05) is 43.2 Å². The number of hydrogen-bond donors (Lipinski definition) is 1. The van der Waals surface area contributed by atoms with Crippen molar-refractivity contribution in [1.29, 1.82) is 0 Å². The van der Waals surface area contributed by atoms with Crippen LogP contribution in [0.2, 0.25) is 0 Å². The summed E-state index contributed by atoms with van der Waals surface area (Å²) in [6, 6.07) is 11.6. The lowest BCUT2D eigenvalue weighted by molar-refractivity contribution is 0.515. The van der Waals surface area contributed by atoms with Gasteiger partial charge in [-0.15, -0.1) is 0 Å². The molecule has 1 aromatic rings. The second kappa shape index (κ2) is 5.92. The van der Waals surface area contributed by atoms with E-state index in [0.29, 0.717) is 0 Å². The molecule has 0 spiro atoms. The van der Waals surface area contributed by atoms with Gasteiger partial charge in [0.1, 0.15) is 0 Å². The monoisotopic (exact) mass is 203 g/mol. The Morgan fingerprint density at radius 2 is 1.80 bits per heavy atom. The van der Waals surface area contributed by atoms with E-state index in [2.05, 4.69) is 35.6 Å². The number of nitrogens with one attached hydrogen (secondary N) is 1. The van der Waals surface area contributed by atoms with Crippen molar-refractivity contribution in [3.05, 3.63) is 35.9 Å². The normalized spacial score (nSPS) is 17.1. The van der Waals surface area contributed by atoms with Crippen LogP contribution in [0.1, 0.15) is 37.7 Å². The average molecular weight is 203 g/mol. The van der Waals surface area contributed by atoms with Crippen LogP contribution in [0, 0.1) is 0 Å². The molecule has 0 saturated heterocycles. The van der Waals surface area contributed by atoms with Gasteiger partial charge in [-0.3, -0.25) is 0 Å². The fraction of sp³-hybridized carbons (Fsp3) is 0.571. The number of hydrogen-bond acceptors (Lipinski definition) is 1. The quantitative estimate of drug-likeness (QED) is 0.725. The SMILES string of the molecule is c1ccc(CCCNC2CCCC2)cc1. The predicted molar refractivity (Wildman–Crippen MR) is 65.0 cm³/mol. The molecule has 1 fully saturated rings. The molecular weight excluding hydrogens is 182 g/mol. The van der Waals surface area contributed by atoms with Crippen LogP contribution in [0.4, 0.5) is 0 Å². The second-order valence-electron chi connectivity index (χ2n) is 4.52. The summed E-state index contributed by atoms with van der Waals surface area (Å²) in [5.74, 6) is 0. The van der Waals surface area contributed by atoms with Crippen molar-refractivity contribution >= 4 is 0 Å². The molecule has 0 unspecified atom stereocenters. The topological polar surface area (TPSA) is 12.0 Å². The summed E-state index contributed by atoms with van der Waals surface area (Å²) in [7, 11) is 0. The van der Waals surface area contributed by atoms with Gasteiger partial charge in [0.2, 0.25) is 0 Å². The van der Waals surface area contributed by atoms with Crippen LogP contribution in [0.15, 0.2) is 30.3 Å². The standard InChI is InChI=1S/C14H21N/c1-2-7-13(8-3-1)9-6-12-15-14-10-4-5-11-14/h1-3,7-8,14-15H,4-6,9-12H2. The Hall–Kier alpha value is -0.820. The molecule has 1 aliphatic rings. The number of rotatable bonds is 5. The Kier molecular flexibility index (Phi) is 4.22. The van der Waals surface area contributed by atoms with Gasteiger partial charge in [-0.25, -0.2) is 0 Å². The largest absolute Gasteiger partial charge is 0.314 e. The Balaban J connectivity index is 1.59. The maximum absolute atomic E-state index is 3.65. The first-order valence-corrected chi connectivity index (χ1v) is 6.22. The van der Waals surface area contributed by atoms with Gasteiger partial charge in [-0.2, -0.15) is 0 Å². The minimum atomic E-state index is 0.820. The Morgan fingerprint density at radius 3 is 2.53 bits per heavy atom. The van der Waals surface area contributed by atoms with E-state index in [1.807, 2.05) is 0 Å². The number of aryl methyl sites for hydroxylation is 1. The van der Waals surface area contributed by atoms with Crippen LogP contribution in [0.5, 0.6) is 0 Å². The third kappa shape index (κ3) is 3.67. The smallest absolute Gasteiger partial charge is 0.00670 e. The Bertz CT molecular complexity index is 262. The molecule has 0 atom stereocenters. The van der Waals surface area contributed by atoms with Crippen molar-refractivity contribution in [3.63, 3.8) is 0 Å². The minimum absolute atomic E-state index is 0.820. The van der Waals surface area contributed by atoms with Crippen molar-refractivity contribution in [1.82, 2.24) is 5.32 Å². The summed E-state index contributed by atoms with van der Waals surface area (Å²) in [5, 5.41) is 3.65. The summed E-state index contributed by atoms with van der Waals surface area (Å²) in [5.41, 5.74) is 1.46. The van der Waals surface area contributed by atoms with E-state index in [9.17, 15) is 0 Å². The van der Waals surface area contributed by atoms with Crippen molar-refractivity contribution in [3.8, 4) is 0 Å². The van der Waals surface area contributed by atoms with Crippen LogP contribution in [-0.2, 0) is 6.42 Å². The first-order chi connectivity index (χ1) is 7.45. The van der Waals surface area contributed by atoms with E-state index < -0.39 is 0 Å². The molecule has 1 N–H and O–H groups in total. The molecule has 0 radical (unpaired) electrons. The van der Waals surface area contributed by atoms with Gasteiger partial charge >= 0.3 is 0 Å². The molecule has 1 saturated carbocycles. The molecule has 0 heterocycles. The highest BCUT2D eigenvalue weighted by Gasteiger charge is 2.12. The van der Waals surface area contributed by atoms with Gasteiger partial charge in [0, 0.05) is 6.04 Å². The zero-order valence-electron chi connectivity index (χ0n) is 9.41. The maximum Gasteiger partial charge on any atom is 0.00670 e. The average Bonchev–Trinajstić information content (AvgIpc) is 2.79. The number of benzene rings is 1. The first-order valence-electron chi connectivity index (χ1n) is 6.22. The Labute approximate surface area is 92.9 Å². The van der Waals surface area contributed by atoms with Crippen LogP contribution >= 0.6 is 0 Å². The van der Waals surface area contributed by atoms with Crippen LogP contribution in [-0.4, -0.2) is 12.6 Å². The highest BCUT2D eigenvalue weighted by molar-refractivity contribution is 5.14. The van der Waals surface area contributed by atoms with Gasteiger partial charge < -0.3 is 5.32 Å². The molecule has 1 aliphatic carbocycles. The third-order valence-electron chi connectivity index (χ3n) is 3.27. The van der Waals surface area contributed by atoms with Crippen molar-refractivity contribution in [2.45, 2.75) is 44.6 Å². The molecule has 2 rings (SSSR count). The zero-order chi connectivity index (χ0) is 10.3. The van der Waals surface area contributed by atoms with E-state index >= 15 is 0 Å². The van der Waals surface area contributed by atoms with Crippen molar-refractivity contribution in [2.24, 2.45) is 0 Å². The fourth-order valence-electron chi connectivity index (χ4n) is 2.37. The van der Waals surface area contributed by atoms with E-state index in [1.54, 1.807) is 0 Å². The van der Waals surface area contributed by atoms with E-state index in [4.69, 9.17) is 0 Å². The zero-order valence-corrected chi connectivity index (χ0v) is 9.41. The molecule has 0 aromatic heterocycles. The summed E-state index contributed by atoms with van der Waals surface area (Å²) in [6.45, 7) is 1.18. The maximum atomic E-state index is 3.65. The summed E-state index contributed by atoms with van der Waals surface area (Å²) >= 11 is 0. The molecular formula is C14H21N. The third-order valence-corrected chi connectivity index (χ3v) is 3.27. The predicted octanol–water partition coefficient (Wildman–Crippen LogP) is 3.15. The highest BCUT2D eigenvalue weighted by atomic mass is 14.9. The molecule has 1 nitrogen and oxygen atoms in total. The van der Waals surface area contributed by atoms with Crippen LogP contribution in [0.25, 0.3) is 0 Å². The van der Waals surface area contributed by atoms with Crippen LogP contribution in [0.3, 0.4) is 0 Å². The van der Waals surface area contributed by atoms with Gasteiger partial charge in [0.15, 0.2) is 0 Å². The lowest BCUT2D eigenvalue weighted by Crippen LogP contribution is -2.27. The Morgan fingerprint density at radius 1 is 1.07 bits per heavy atom. The highest BCUT2D eigenvalue weighted by Crippen LogP contribution is 2.17.